The Morgan fingerprint density at radius 2 is 1.77 bits per heavy atom. The molecular formula is C22H22N4O4S. The number of hydrogen-bond acceptors (Lipinski definition) is 6. The van der Waals surface area contributed by atoms with Crippen LogP contribution in [0.25, 0.3) is 5.52 Å². The molecule has 0 saturated carbocycles. The third-order valence-electron chi connectivity index (χ3n) is 5.75. The summed E-state index contributed by atoms with van der Waals surface area (Å²) in [6, 6.07) is 12.9. The number of nitriles is 1. The highest BCUT2D eigenvalue weighted by atomic mass is 32.2. The molecule has 8 nitrogen and oxygen atoms in total. The molecule has 2 aromatic heterocycles. The Morgan fingerprint density at radius 1 is 1.00 bits per heavy atom. The number of ether oxygens (including phenoxy) is 2. The number of rotatable bonds is 4. The van der Waals surface area contributed by atoms with Crippen LogP contribution < -0.4 is 9.47 Å². The molecule has 0 aliphatic carbocycles. The molecule has 31 heavy (non-hydrogen) atoms. The van der Waals surface area contributed by atoms with Crippen LogP contribution in [0.3, 0.4) is 0 Å². The summed E-state index contributed by atoms with van der Waals surface area (Å²) in [7, 11) is -3.61. The van der Waals surface area contributed by atoms with Crippen molar-refractivity contribution in [1.29, 1.82) is 5.26 Å². The molecule has 1 saturated heterocycles. The zero-order chi connectivity index (χ0) is 21.4. The molecule has 160 valence electrons. The van der Waals surface area contributed by atoms with Crippen LogP contribution in [0.15, 0.2) is 53.7 Å². The average Bonchev–Trinajstić information content (AvgIpc) is 3.16. The maximum Gasteiger partial charge on any atom is 0.243 e. The van der Waals surface area contributed by atoms with Crippen LogP contribution in [0, 0.1) is 11.3 Å². The lowest BCUT2D eigenvalue weighted by Gasteiger charge is -2.34. The lowest BCUT2D eigenvalue weighted by Crippen LogP contribution is -2.48. The predicted molar refractivity (Wildman–Crippen MR) is 114 cm³/mol. The van der Waals surface area contributed by atoms with Gasteiger partial charge in [-0.1, -0.05) is 6.07 Å². The second kappa shape index (κ2) is 7.89. The van der Waals surface area contributed by atoms with Gasteiger partial charge < -0.3 is 13.9 Å². The first kappa shape index (κ1) is 19.9. The molecule has 9 heteroatoms. The van der Waals surface area contributed by atoms with Gasteiger partial charge in [-0.25, -0.2) is 8.42 Å². The summed E-state index contributed by atoms with van der Waals surface area (Å²) in [6.07, 6.45) is 3.91. The van der Waals surface area contributed by atoms with Gasteiger partial charge in [-0.3, -0.25) is 4.90 Å². The molecule has 0 bridgehead atoms. The lowest BCUT2D eigenvalue weighted by atomic mass is 10.1. The molecule has 2 aliphatic rings. The van der Waals surface area contributed by atoms with Gasteiger partial charge in [0.05, 0.1) is 16.0 Å². The van der Waals surface area contributed by atoms with Gasteiger partial charge in [-0.05, 0) is 24.3 Å². The summed E-state index contributed by atoms with van der Waals surface area (Å²) >= 11 is 0. The van der Waals surface area contributed by atoms with Crippen LogP contribution in [0.5, 0.6) is 11.5 Å². The fraction of sp³-hybridized carbons (Fsp3) is 0.318. The second-order valence-electron chi connectivity index (χ2n) is 7.62. The highest BCUT2D eigenvalue weighted by Crippen LogP contribution is 2.33. The van der Waals surface area contributed by atoms with Crippen molar-refractivity contribution in [3.63, 3.8) is 0 Å². The van der Waals surface area contributed by atoms with Crippen LogP contribution >= 0.6 is 0 Å². The summed E-state index contributed by atoms with van der Waals surface area (Å²) in [5.41, 5.74) is 2.52. The lowest BCUT2D eigenvalue weighted by molar-refractivity contribution is 0.170. The minimum absolute atomic E-state index is 0.218. The van der Waals surface area contributed by atoms with E-state index in [1.54, 1.807) is 18.2 Å². The van der Waals surface area contributed by atoms with E-state index in [1.807, 2.05) is 35.0 Å². The Kier molecular flexibility index (Phi) is 5.06. The first-order valence-corrected chi connectivity index (χ1v) is 11.6. The second-order valence-corrected chi connectivity index (χ2v) is 9.56. The molecule has 5 rings (SSSR count). The van der Waals surface area contributed by atoms with Crippen molar-refractivity contribution in [3.8, 4) is 17.6 Å². The van der Waals surface area contributed by atoms with Crippen LogP contribution in [-0.2, 0) is 16.6 Å². The van der Waals surface area contributed by atoms with Gasteiger partial charge in [-0.2, -0.15) is 9.57 Å². The molecule has 0 spiro atoms. The van der Waals surface area contributed by atoms with E-state index in [0.29, 0.717) is 63.0 Å². The Hall–Kier alpha value is -3.06. The zero-order valence-corrected chi connectivity index (χ0v) is 17.7. The number of piperazine rings is 1. The van der Waals surface area contributed by atoms with Crippen molar-refractivity contribution < 1.29 is 17.9 Å². The normalized spacial score (nSPS) is 17.5. The largest absolute Gasteiger partial charge is 0.486 e. The first-order chi connectivity index (χ1) is 15.1. The highest BCUT2D eigenvalue weighted by molar-refractivity contribution is 7.89. The molecule has 1 fully saturated rings. The van der Waals surface area contributed by atoms with Gasteiger partial charge in [0, 0.05) is 56.7 Å². The predicted octanol–water partition coefficient (Wildman–Crippen LogP) is 2.09. The van der Waals surface area contributed by atoms with E-state index in [1.165, 1.54) is 4.31 Å². The fourth-order valence-corrected chi connectivity index (χ4v) is 5.57. The number of nitrogens with zero attached hydrogens (tertiary/aromatic N) is 4. The number of sulfonamides is 1. The standard InChI is InChI=1S/C22H22N4O4S/c23-14-19-17(16-25-6-2-1-3-20(19)25)15-24-7-9-26(10-8-24)31(27,28)18-4-5-21-22(13-18)30-12-11-29-21/h1-6,13,16H,7-12,15H2. The molecular weight excluding hydrogens is 416 g/mol. The van der Waals surface area contributed by atoms with Crippen molar-refractivity contribution in [3.05, 3.63) is 59.9 Å². The van der Waals surface area contributed by atoms with Gasteiger partial charge in [0.25, 0.3) is 0 Å². The highest BCUT2D eigenvalue weighted by Gasteiger charge is 2.30. The summed E-state index contributed by atoms with van der Waals surface area (Å²) < 4.78 is 40.7. The molecule has 3 aromatic rings. The van der Waals surface area contributed by atoms with Gasteiger partial charge in [0.1, 0.15) is 19.3 Å². The average molecular weight is 439 g/mol. The van der Waals surface area contributed by atoms with Crippen molar-refractivity contribution in [2.75, 3.05) is 39.4 Å². The van der Waals surface area contributed by atoms with E-state index in [-0.39, 0.29) is 4.90 Å². The number of aromatic nitrogens is 1. The van der Waals surface area contributed by atoms with Crippen molar-refractivity contribution in [1.82, 2.24) is 13.6 Å². The van der Waals surface area contributed by atoms with Gasteiger partial charge >= 0.3 is 0 Å². The fourth-order valence-electron chi connectivity index (χ4n) is 4.13. The Balaban J connectivity index is 1.29. The van der Waals surface area contributed by atoms with Crippen LogP contribution in [-0.4, -0.2) is 61.4 Å². The molecule has 0 radical (unpaired) electrons. The van der Waals surface area contributed by atoms with Crippen LogP contribution in [0.4, 0.5) is 0 Å². The molecule has 0 N–H and O–H groups in total. The zero-order valence-electron chi connectivity index (χ0n) is 16.9. The smallest absolute Gasteiger partial charge is 0.243 e. The minimum Gasteiger partial charge on any atom is -0.486 e. The molecule has 0 atom stereocenters. The first-order valence-electron chi connectivity index (χ1n) is 10.2. The van der Waals surface area contributed by atoms with Crippen LogP contribution in [0.2, 0.25) is 0 Å². The van der Waals surface area contributed by atoms with Gasteiger partial charge in [0.15, 0.2) is 11.5 Å². The number of pyridine rings is 1. The Labute approximate surface area is 180 Å². The number of fused-ring (bicyclic) bond motifs is 2. The van der Waals surface area contributed by atoms with E-state index < -0.39 is 10.0 Å². The molecule has 4 heterocycles. The van der Waals surface area contributed by atoms with E-state index in [9.17, 15) is 13.7 Å². The van der Waals surface area contributed by atoms with E-state index in [0.717, 1.165) is 11.1 Å². The molecule has 1 aromatic carbocycles. The maximum atomic E-state index is 13.1. The van der Waals surface area contributed by atoms with Gasteiger partial charge in [0.2, 0.25) is 10.0 Å². The van der Waals surface area contributed by atoms with Crippen molar-refractivity contribution in [2.45, 2.75) is 11.4 Å². The third-order valence-corrected chi connectivity index (χ3v) is 7.65. The summed E-state index contributed by atoms with van der Waals surface area (Å²) in [6.45, 7) is 3.48. The summed E-state index contributed by atoms with van der Waals surface area (Å²) in [4.78, 5) is 2.40. The van der Waals surface area contributed by atoms with E-state index in [2.05, 4.69) is 11.0 Å². The van der Waals surface area contributed by atoms with Crippen molar-refractivity contribution in [2.24, 2.45) is 0 Å². The number of hydrogen-bond donors (Lipinski definition) is 0. The Morgan fingerprint density at radius 3 is 2.55 bits per heavy atom. The van der Waals surface area contributed by atoms with Gasteiger partial charge in [-0.15, -0.1) is 0 Å². The molecule has 0 amide bonds. The summed E-state index contributed by atoms with van der Waals surface area (Å²) in [5.74, 6) is 1.04. The van der Waals surface area contributed by atoms with Crippen molar-refractivity contribution >= 4 is 15.5 Å². The summed E-state index contributed by atoms with van der Waals surface area (Å²) in [5, 5.41) is 9.61. The monoisotopic (exact) mass is 438 g/mol. The Bertz CT molecular complexity index is 1270. The molecule has 2 aliphatic heterocycles. The SMILES string of the molecule is N#Cc1c(CN2CCN(S(=O)(=O)c3ccc4c(c3)OCCO4)CC2)cn2ccccc12. The van der Waals surface area contributed by atoms with Crippen LogP contribution in [0.1, 0.15) is 11.1 Å². The van der Waals surface area contributed by atoms with E-state index in [4.69, 9.17) is 9.47 Å². The topological polar surface area (TPSA) is 87.3 Å². The quantitative estimate of drug-likeness (QED) is 0.620. The minimum atomic E-state index is -3.61. The maximum absolute atomic E-state index is 13.1. The third kappa shape index (κ3) is 3.63. The van der Waals surface area contributed by atoms with E-state index >= 15 is 0 Å². The molecule has 0 unspecified atom stereocenters. The number of benzene rings is 1.